The van der Waals surface area contributed by atoms with Gasteiger partial charge in [0.05, 0.1) is 10.6 Å². The number of thioether (sulfide) groups is 1. The van der Waals surface area contributed by atoms with Gasteiger partial charge in [0.15, 0.2) is 0 Å². The maximum Gasteiger partial charge on any atom is 0.294 e. The topological polar surface area (TPSA) is 75.7 Å². The van der Waals surface area contributed by atoms with Gasteiger partial charge in [0.25, 0.3) is 11.1 Å². The average molecular weight is 430 g/mol. The molecule has 1 aliphatic rings. The lowest BCUT2D eigenvalue weighted by Crippen LogP contribution is -2.36. The minimum absolute atomic E-state index is 0.140. The summed E-state index contributed by atoms with van der Waals surface area (Å²) in [6.45, 7) is 3.30. The number of nitrogens with zero attached hydrogens (tertiary/aromatic N) is 1. The number of imide groups is 1. The second-order valence-corrected chi connectivity index (χ2v) is 7.11. The molecule has 0 bridgehead atoms. The fraction of sp³-hybridized carbons (Fsp3) is 0.0952. The van der Waals surface area contributed by atoms with Gasteiger partial charge in [0.1, 0.15) is 30.5 Å². The molecule has 2 aromatic carbocycles. The molecular weight excluding hydrogens is 414 g/mol. The van der Waals surface area contributed by atoms with Crippen molar-refractivity contribution in [3.63, 3.8) is 0 Å². The third-order valence-electron chi connectivity index (χ3n) is 3.90. The van der Waals surface area contributed by atoms with Crippen LogP contribution in [0.4, 0.5) is 19.3 Å². The zero-order valence-electron chi connectivity index (χ0n) is 15.6. The second-order valence-electron chi connectivity index (χ2n) is 6.11. The van der Waals surface area contributed by atoms with Gasteiger partial charge in [-0.25, -0.2) is 8.78 Å². The number of carbonyl (C=O) groups excluding carboxylic acids is 3. The Morgan fingerprint density at radius 1 is 1.20 bits per heavy atom. The Hall–Kier alpha value is -3.46. The molecular formula is C21H16F2N2O4S. The molecule has 3 amide bonds. The molecule has 0 atom stereocenters. The monoisotopic (exact) mass is 430 g/mol. The summed E-state index contributed by atoms with van der Waals surface area (Å²) in [5.74, 6) is -2.61. The normalized spacial score (nSPS) is 14.9. The number of rotatable bonds is 7. The van der Waals surface area contributed by atoms with Crippen LogP contribution in [0.15, 0.2) is 60.0 Å². The van der Waals surface area contributed by atoms with Crippen molar-refractivity contribution in [2.75, 3.05) is 18.5 Å². The molecule has 1 N–H and O–H groups in total. The summed E-state index contributed by atoms with van der Waals surface area (Å²) in [6, 6.07) is 9.56. The Bertz CT molecular complexity index is 1060. The van der Waals surface area contributed by atoms with Gasteiger partial charge >= 0.3 is 0 Å². The van der Waals surface area contributed by atoms with Crippen LogP contribution in [-0.4, -0.2) is 35.1 Å². The smallest absolute Gasteiger partial charge is 0.294 e. The number of nitrogens with one attached hydrogen (secondary N) is 1. The lowest BCUT2D eigenvalue weighted by atomic mass is 10.2. The van der Waals surface area contributed by atoms with Gasteiger partial charge in [-0.15, -0.1) is 0 Å². The summed E-state index contributed by atoms with van der Waals surface area (Å²) in [7, 11) is 0. The summed E-state index contributed by atoms with van der Waals surface area (Å²) in [4.78, 5) is 37.8. The third-order valence-corrected chi connectivity index (χ3v) is 4.81. The number of halogens is 2. The van der Waals surface area contributed by atoms with Gasteiger partial charge in [-0.3, -0.25) is 19.3 Å². The average Bonchev–Trinajstić information content (AvgIpc) is 2.96. The summed E-state index contributed by atoms with van der Waals surface area (Å²) in [5.41, 5.74) is 0.389. The van der Waals surface area contributed by atoms with Crippen LogP contribution in [0, 0.1) is 11.6 Å². The molecule has 0 spiro atoms. The van der Waals surface area contributed by atoms with Crippen LogP contribution in [0.3, 0.4) is 0 Å². The molecule has 9 heteroatoms. The van der Waals surface area contributed by atoms with Crippen molar-refractivity contribution in [1.82, 2.24) is 4.90 Å². The van der Waals surface area contributed by atoms with E-state index in [2.05, 4.69) is 11.9 Å². The maximum atomic E-state index is 13.7. The second kappa shape index (κ2) is 9.36. The van der Waals surface area contributed by atoms with Gasteiger partial charge in [-0.05, 0) is 47.7 Å². The quantitative estimate of drug-likeness (QED) is 0.526. The predicted molar refractivity (Wildman–Crippen MR) is 110 cm³/mol. The molecule has 6 nitrogen and oxygen atoms in total. The van der Waals surface area contributed by atoms with E-state index in [4.69, 9.17) is 4.74 Å². The predicted octanol–water partition coefficient (Wildman–Crippen LogP) is 4.20. The van der Waals surface area contributed by atoms with E-state index in [-0.39, 0.29) is 10.6 Å². The molecule has 154 valence electrons. The van der Waals surface area contributed by atoms with Crippen molar-refractivity contribution in [1.29, 1.82) is 0 Å². The van der Waals surface area contributed by atoms with E-state index < -0.39 is 35.2 Å². The molecule has 0 unspecified atom stereocenters. The molecule has 2 aromatic rings. The number of ether oxygens (including phenoxy) is 1. The van der Waals surface area contributed by atoms with Gasteiger partial charge in [0, 0.05) is 6.07 Å². The molecule has 1 saturated heterocycles. The first-order valence-electron chi connectivity index (χ1n) is 8.71. The molecule has 3 rings (SSSR count). The Morgan fingerprint density at radius 3 is 2.73 bits per heavy atom. The van der Waals surface area contributed by atoms with Crippen LogP contribution < -0.4 is 10.1 Å². The highest BCUT2D eigenvalue weighted by Gasteiger charge is 2.36. The van der Waals surface area contributed by atoms with E-state index >= 15 is 0 Å². The van der Waals surface area contributed by atoms with Crippen molar-refractivity contribution in [2.24, 2.45) is 0 Å². The number of anilines is 1. The first-order valence-corrected chi connectivity index (χ1v) is 9.53. The lowest BCUT2D eigenvalue weighted by molar-refractivity contribution is -0.127. The highest BCUT2D eigenvalue weighted by atomic mass is 32.2. The molecule has 30 heavy (non-hydrogen) atoms. The van der Waals surface area contributed by atoms with Crippen molar-refractivity contribution >= 4 is 40.6 Å². The number of amides is 3. The molecule has 1 fully saturated rings. The zero-order chi connectivity index (χ0) is 21.7. The van der Waals surface area contributed by atoms with Crippen LogP contribution in [-0.2, 0) is 9.59 Å². The summed E-state index contributed by atoms with van der Waals surface area (Å²) >= 11 is 0.692. The minimum Gasteiger partial charge on any atom is -0.490 e. The van der Waals surface area contributed by atoms with Crippen molar-refractivity contribution in [2.45, 2.75) is 0 Å². The van der Waals surface area contributed by atoms with Gasteiger partial charge in [-0.1, -0.05) is 24.8 Å². The summed E-state index contributed by atoms with van der Waals surface area (Å²) in [6.07, 6.45) is 3.12. The fourth-order valence-electron chi connectivity index (χ4n) is 2.56. The van der Waals surface area contributed by atoms with E-state index in [9.17, 15) is 23.2 Å². The van der Waals surface area contributed by atoms with E-state index in [1.165, 1.54) is 6.08 Å². The largest absolute Gasteiger partial charge is 0.490 e. The first-order chi connectivity index (χ1) is 14.4. The molecule has 0 aromatic heterocycles. The number of hydrogen-bond acceptors (Lipinski definition) is 5. The number of carbonyl (C=O) groups is 3. The van der Waals surface area contributed by atoms with Gasteiger partial charge in [-0.2, -0.15) is 0 Å². The minimum atomic E-state index is -0.962. The number of benzene rings is 2. The molecule has 1 heterocycles. The van der Waals surface area contributed by atoms with Crippen molar-refractivity contribution < 1.29 is 27.9 Å². The van der Waals surface area contributed by atoms with E-state index in [1.807, 2.05) is 0 Å². The van der Waals surface area contributed by atoms with Crippen LogP contribution in [0.2, 0.25) is 0 Å². The highest BCUT2D eigenvalue weighted by molar-refractivity contribution is 8.18. The Balaban J connectivity index is 1.69. The lowest BCUT2D eigenvalue weighted by Gasteiger charge is -2.12. The highest BCUT2D eigenvalue weighted by Crippen LogP contribution is 2.32. The van der Waals surface area contributed by atoms with Crippen molar-refractivity contribution in [3.8, 4) is 5.75 Å². The maximum absolute atomic E-state index is 13.7. The molecule has 1 aliphatic heterocycles. The van der Waals surface area contributed by atoms with E-state index in [1.54, 1.807) is 30.3 Å². The van der Waals surface area contributed by atoms with Crippen LogP contribution in [0.5, 0.6) is 5.75 Å². The Kier molecular flexibility index (Phi) is 6.63. The zero-order valence-corrected chi connectivity index (χ0v) is 16.4. The molecule has 0 aliphatic carbocycles. The van der Waals surface area contributed by atoms with Crippen molar-refractivity contribution in [3.05, 3.63) is 77.2 Å². The van der Waals surface area contributed by atoms with Gasteiger partial charge < -0.3 is 10.1 Å². The Labute approximate surface area is 175 Å². The molecule has 0 saturated carbocycles. The van der Waals surface area contributed by atoms with Crippen LogP contribution in [0.1, 0.15) is 5.56 Å². The summed E-state index contributed by atoms with van der Waals surface area (Å²) in [5, 5.41) is 1.59. The van der Waals surface area contributed by atoms with E-state index in [0.29, 0.717) is 35.7 Å². The third kappa shape index (κ3) is 5.12. The fourth-order valence-corrected chi connectivity index (χ4v) is 3.40. The number of hydrogen-bond donors (Lipinski definition) is 1. The first kappa shape index (κ1) is 21.3. The van der Waals surface area contributed by atoms with Gasteiger partial charge in [0.2, 0.25) is 5.91 Å². The Morgan fingerprint density at radius 2 is 2.00 bits per heavy atom. The molecule has 0 radical (unpaired) electrons. The van der Waals surface area contributed by atoms with Crippen LogP contribution in [0.25, 0.3) is 6.08 Å². The SMILES string of the molecule is C=CCOc1cccc(/C=C2/SC(=O)N(CC(=O)Nc3ccc(F)cc3F)C2=O)c1. The summed E-state index contributed by atoms with van der Waals surface area (Å²) < 4.78 is 32.0. The standard InChI is InChI=1S/C21H16F2N2O4S/c1-2-8-29-15-5-3-4-13(9-15)10-18-20(27)25(21(28)30-18)12-19(26)24-17-7-6-14(22)11-16(17)23/h2-7,9-11H,1,8,12H2,(H,24,26)/b18-10+. The van der Waals surface area contributed by atoms with Crippen LogP contribution >= 0.6 is 11.8 Å². The van der Waals surface area contributed by atoms with E-state index in [0.717, 1.165) is 17.0 Å².